The molecule has 1 aromatic heterocycles. The quantitative estimate of drug-likeness (QED) is 0.787. The lowest BCUT2D eigenvalue weighted by molar-refractivity contribution is 0.0884. The van der Waals surface area contributed by atoms with Gasteiger partial charge in [-0.3, -0.25) is 9.36 Å². The van der Waals surface area contributed by atoms with Crippen LogP contribution in [0.3, 0.4) is 0 Å². The van der Waals surface area contributed by atoms with Gasteiger partial charge in [0.15, 0.2) is 0 Å². The third-order valence-corrected chi connectivity index (χ3v) is 2.77. The number of hydrogen-bond donors (Lipinski definition) is 0. The van der Waals surface area contributed by atoms with Gasteiger partial charge in [-0.15, -0.1) is 0 Å². The molecule has 0 saturated carbocycles. The SMILES string of the molecule is CC(C(=O)n1cccc1C#N)c1ccccc1. The molecular formula is C14H12N2O. The van der Waals surface area contributed by atoms with Gasteiger partial charge in [-0.05, 0) is 24.6 Å². The molecule has 17 heavy (non-hydrogen) atoms. The van der Waals surface area contributed by atoms with E-state index in [4.69, 9.17) is 5.26 Å². The molecule has 3 nitrogen and oxygen atoms in total. The number of aromatic nitrogens is 1. The lowest BCUT2D eigenvalue weighted by Crippen LogP contribution is -2.18. The molecule has 1 heterocycles. The standard InChI is InChI=1S/C14H12N2O/c1-11(12-6-3-2-4-7-12)14(17)16-9-5-8-13(16)10-15/h2-9,11H,1H3. The van der Waals surface area contributed by atoms with Gasteiger partial charge in [0, 0.05) is 6.20 Å². The van der Waals surface area contributed by atoms with E-state index >= 15 is 0 Å². The van der Waals surface area contributed by atoms with Crippen LogP contribution < -0.4 is 0 Å². The molecule has 3 heteroatoms. The molecule has 1 unspecified atom stereocenters. The van der Waals surface area contributed by atoms with Gasteiger partial charge >= 0.3 is 0 Å². The third-order valence-electron chi connectivity index (χ3n) is 2.77. The Kier molecular flexibility index (Phi) is 3.06. The lowest BCUT2D eigenvalue weighted by atomic mass is 10.0. The van der Waals surface area contributed by atoms with Crippen molar-refractivity contribution in [3.05, 3.63) is 59.9 Å². The van der Waals surface area contributed by atoms with E-state index in [1.807, 2.05) is 43.3 Å². The normalized spacial score (nSPS) is 11.8. The summed E-state index contributed by atoms with van der Waals surface area (Å²) in [5.74, 6) is -0.339. The molecule has 1 aromatic carbocycles. The van der Waals surface area contributed by atoms with Crippen LogP contribution in [-0.4, -0.2) is 10.5 Å². The molecule has 2 aromatic rings. The molecule has 2 rings (SSSR count). The fourth-order valence-corrected chi connectivity index (χ4v) is 1.76. The number of hydrogen-bond acceptors (Lipinski definition) is 2. The highest BCUT2D eigenvalue weighted by Gasteiger charge is 2.18. The van der Waals surface area contributed by atoms with Gasteiger partial charge in [0.05, 0.1) is 5.92 Å². The second-order valence-electron chi connectivity index (χ2n) is 3.85. The molecule has 0 aliphatic rings. The number of nitrogens with zero attached hydrogens (tertiary/aromatic N) is 2. The Morgan fingerprint density at radius 1 is 1.24 bits per heavy atom. The van der Waals surface area contributed by atoms with Crippen LogP contribution in [0.2, 0.25) is 0 Å². The molecule has 0 aliphatic carbocycles. The summed E-state index contributed by atoms with van der Waals surface area (Å²) in [5.41, 5.74) is 1.33. The predicted molar refractivity (Wildman–Crippen MR) is 64.6 cm³/mol. The largest absolute Gasteiger partial charge is 0.278 e. The minimum atomic E-state index is -0.254. The third kappa shape index (κ3) is 2.11. The van der Waals surface area contributed by atoms with Crippen LogP contribution in [0.4, 0.5) is 0 Å². The predicted octanol–water partition coefficient (Wildman–Crippen LogP) is 2.80. The highest BCUT2D eigenvalue weighted by molar-refractivity contribution is 5.86. The maximum Gasteiger partial charge on any atom is 0.238 e. The molecule has 84 valence electrons. The molecule has 0 radical (unpaired) electrons. The van der Waals surface area contributed by atoms with Crippen LogP contribution >= 0.6 is 0 Å². The highest BCUT2D eigenvalue weighted by atomic mass is 16.2. The number of rotatable bonds is 2. The summed E-state index contributed by atoms with van der Waals surface area (Å²) in [5, 5.41) is 8.89. The first-order valence-electron chi connectivity index (χ1n) is 5.40. The molecule has 0 amide bonds. The van der Waals surface area contributed by atoms with Crippen molar-refractivity contribution in [1.82, 2.24) is 4.57 Å². The minimum absolute atomic E-state index is 0.0854. The first-order valence-corrected chi connectivity index (χ1v) is 5.40. The molecule has 0 saturated heterocycles. The summed E-state index contributed by atoms with van der Waals surface area (Å²) in [6, 6.07) is 14.9. The number of carbonyl (C=O) groups is 1. The molecule has 1 atom stereocenters. The molecule has 0 fully saturated rings. The van der Waals surface area contributed by atoms with E-state index in [-0.39, 0.29) is 11.8 Å². The van der Waals surface area contributed by atoms with E-state index in [2.05, 4.69) is 0 Å². The summed E-state index contributed by atoms with van der Waals surface area (Å²) in [6.45, 7) is 1.85. The second kappa shape index (κ2) is 4.67. The van der Waals surface area contributed by atoms with Crippen LogP contribution in [0.15, 0.2) is 48.7 Å². The van der Waals surface area contributed by atoms with Gasteiger partial charge in [0.25, 0.3) is 0 Å². The zero-order chi connectivity index (χ0) is 12.3. The van der Waals surface area contributed by atoms with Gasteiger partial charge in [0.2, 0.25) is 5.91 Å². The van der Waals surface area contributed by atoms with E-state index in [0.29, 0.717) is 5.69 Å². The van der Waals surface area contributed by atoms with Crippen molar-refractivity contribution in [2.24, 2.45) is 0 Å². The average molecular weight is 224 g/mol. The lowest BCUT2D eigenvalue weighted by Gasteiger charge is -2.11. The second-order valence-corrected chi connectivity index (χ2v) is 3.85. The van der Waals surface area contributed by atoms with Crippen LogP contribution in [0.1, 0.15) is 28.9 Å². The van der Waals surface area contributed by atoms with Crippen molar-refractivity contribution in [3.8, 4) is 6.07 Å². The summed E-state index contributed by atoms with van der Waals surface area (Å²) in [6.07, 6.45) is 1.63. The number of benzene rings is 1. The number of nitriles is 1. The van der Waals surface area contributed by atoms with Crippen molar-refractivity contribution in [2.45, 2.75) is 12.8 Å². The Labute approximate surface area is 99.9 Å². The monoisotopic (exact) mass is 224 g/mol. The molecular weight excluding hydrogens is 212 g/mol. The minimum Gasteiger partial charge on any atom is -0.278 e. The van der Waals surface area contributed by atoms with Crippen molar-refractivity contribution in [3.63, 3.8) is 0 Å². The van der Waals surface area contributed by atoms with Gasteiger partial charge in [-0.25, -0.2) is 0 Å². The zero-order valence-electron chi connectivity index (χ0n) is 9.50. The smallest absolute Gasteiger partial charge is 0.238 e. The molecule has 0 bridgehead atoms. The summed E-state index contributed by atoms with van der Waals surface area (Å²) in [7, 11) is 0. The van der Waals surface area contributed by atoms with E-state index in [0.717, 1.165) is 5.56 Å². The fourth-order valence-electron chi connectivity index (χ4n) is 1.76. The summed E-state index contributed by atoms with van der Waals surface area (Å²) in [4.78, 5) is 12.2. The fraction of sp³-hybridized carbons (Fsp3) is 0.143. The Morgan fingerprint density at radius 2 is 1.94 bits per heavy atom. The van der Waals surface area contributed by atoms with Crippen molar-refractivity contribution in [1.29, 1.82) is 5.26 Å². The summed E-state index contributed by atoms with van der Waals surface area (Å²) < 4.78 is 1.40. The Bertz CT molecular complexity index is 563. The highest BCUT2D eigenvalue weighted by Crippen LogP contribution is 2.18. The van der Waals surface area contributed by atoms with Gasteiger partial charge in [-0.1, -0.05) is 30.3 Å². The Balaban J connectivity index is 2.31. The molecule has 0 aliphatic heterocycles. The average Bonchev–Trinajstić information content (AvgIpc) is 2.86. The van der Waals surface area contributed by atoms with Crippen molar-refractivity contribution in [2.75, 3.05) is 0 Å². The first-order chi connectivity index (χ1) is 8.24. The zero-order valence-corrected chi connectivity index (χ0v) is 9.50. The number of carbonyl (C=O) groups excluding carboxylic acids is 1. The van der Waals surface area contributed by atoms with Crippen LogP contribution in [0, 0.1) is 11.3 Å². The Hall–Kier alpha value is -2.34. The van der Waals surface area contributed by atoms with Gasteiger partial charge < -0.3 is 0 Å². The van der Waals surface area contributed by atoms with Gasteiger partial charge in [0.1, 0.15) is 11.8 Å². The van der Waals surface area contributed by atoms with Gasteiger partial charge in [-0.2, -0.15) is 5.26 Å². The van der Waals surface area contributed by atoms with Crippen LogP contribution in [-0.2, 0) is 0 Å². The Morgan fingerprint density at radius 3 is 2.59 bits per heavy atom. The maximum absolute atomic E-state index is 12.2. The van der Waals surface area contributed by atoms with Crippen LogP contribution in [0.25, 0.3) is 0 Å². The topological polar surface area (TPSA) is 45.8 Å². The first kappa shape index (κ1) is 11.2. The van der Waals surface area contributed by atoms with Crippen LogP contribution in [0.5, 0.6) is 0 Å². The van der Waals surface area contributed by atoms with E-state index in [9.17, 15) is 4.79 Å². The van der Waals surface area contributed by atoms with E-state index in [1.54, 1.807) is 18.3 Å². The molecule has 0 N–H and O–H groups in total. The van der Waals surface area contributed by atoms with E-state index < -0.39 is 0 Å². The van der Waals surface area contributed by atoms with Crippen molar-refractivity contribution >= 4 is 5.91 Å². The van der Waals surface area contributed by atoms with E-state index in [1.165, 1.54) is 4.57 Å². The molecule has 0 spiro atoms. The maximum atomic E-state index is 12.2. The van der Waals surface area contributed by atoms with Crippen molar-refractivity contribution < 1.29 is 4.79 Å². The summed E-state index contributed by atoms with van der Waals surface area (Å²) >= 11 is 0.